The van der Waals surface area contributed by atoms with Crippen LogP contribution < -0.4 is 37.9 Å². The lowest BCUT2D eigenvalue weighted by atomic mass is 10.1. The molecule has 12 aromatic rings. The van der Waals surface area contributed by atoms with Gasteiger partial charge in [0.1, 0.15) is 46.0 Å². The van der Waals surface area contributed by atoms with Crippen LogP contribution >= 0.6 is 0 Å². The van der Waals surface area contributed by atoms with Crippen molar-refractivity contribution in [2.45, 2.75) is 198 Å². The van der Waals surface area contributed by atoms with Crippen LogP contribution in [0.1, 0.15) is 256 Å². The summed E-state index contributed by atoms with van der Waals surface area (Å²) in [7, 11) is 3.43. The van der Waals surface area contributed by atoms with Crippen molar-refractivity contribution in [3.8, 4) is 46.0 Å². The normalized spacial score (nSPS) is 11.4. The molecule has 0 saturated carbocycles. The first-order chi connectivity index (χ1) is 65.8. The third kappa shape index (κ3) is 39.4. The molecule has 0 aliphatic heterocycles. The largest absolute Gasteiger partial charge is 0.496 e. The number of unbranched alkanes of at least 4 members (excludes halogenated alkanes) is 10. The molecule has 8 nitrogen and oxygen atoms in total. The number of methoxy groups -OCH3 is 2. The van der Waals surface area contributed by atoms with E-state index in [2.05, 4.69) is 406 Å². The van der Waals surface area contributed by atoms with Gasteiger partial charge in [0, 0.05) is 22.3 Å². The van der Waals surface area contributed by atoms with Gasteiger partial charge in [0.2, 0.25) is 0 Å². The van der Waals surface area contributed by atoms with Crippen molar-refractivity contribution in [2.24, 2.45) is 0 Å². The van der Waals surface area contributed by atoms with E-state index >= 15 is 0 Å². The fourth-order valence-electron chi connectivity index (χ4n) is 15.5. The highest BCUT2D eigenvalue weighted by Crippen LogP contribution is 2.36. The summed E-state index contributed by atoms with van der Waals surface area (Å²) in [5.41, 5.74) is 23.4. The summed E-state index contributed by atoms with van der Waals surface area (Å²) in [6, 6.07) is 93.2. The molecule has 134 heavy (non-hydrogen) atoms. The highest BCUT2D eigenvalue weighted by atomic mass is 16.5. The Bertz CT molecular complexity index is 5580. The van der Waals surface area contributed by atoms with Crippen molar-refractivity contribution in [1.82, 2.24) is 0 Å². The number of rotatable bonds is 50. The maximum atomic E-state index is 6.31. The summed E-state index contributed by atoms with van der Waals surface area (Å²) in [5, 5.41) is 0. The number of ether oxygens (including phenoxy) is 8. The Morgan fingerprint density at radius 2 is 0.418 bits per heavy atom. The average molecular weight is 1790 g/mol. The summed E-state index contributed by atoms with van der Waals surface area (Å²) in [5.74, 6) is 7.26. The maximum Gasteiger partial charge on any atom is 0.127 e. The van der Waals surface area contributed by atoms with E-state index in [-0.39, 0.29) is 0 Å². The van der Waals surface area contributed by atoms with Crippen molar-refractivity contribution in [2.75, 3.05) is 53.9 Å². The number of hydrogen-bond acceptors (Lipinski definition) is 8. The van der Waals surface area contributed by atoms with Gasteiger partial charge in [-0.15, -0.1) is 0 Å². The summed E-state index contributed by atoms with van der Waals surface area (Å²) in [4.78, 5) is 0. The average Bonchev–Trinajstić information content (AvgIpc) is 0.844. The smallest absolute Gasteiger partial charge is 0.127 e. The standard InChI is InChI=1S/2C36H38O2.2C27H36O2/c1-3-13-32-18-10-19-33(27-32)22-23-34-28-35(37-24-11-20-30-14-6-4-7-15-30)29(2)26-36(34)38-25-12-21-31-16-8-5-9-17-31;1-3-12-30-19-21-33(22-20-30)23-24-34-28-35(37-25-10-17-31-13-6-4-7-14-31)29(2)27-36(34)38-26-11-18-32-15-8-5-9-16-32;1-5-7-8-9-10-11-18-29-27-19-22(3)26(28-4)21-25(27)17-16-24-15-12-14-23(20-24)13-6-2;1-5-7-8-9-10-11-19-29-27-20-22(3)26(28-4)21-25(27)18-17-24-15-13-23(12-6-2)14-16-24/h3-10,13-19,22-23,26-28H,11-12,20-21,24-25H2,1-2H3;3-9,12-16,19-24,27-28H,10-11,17-18,25-26H2,1-2H3;6,12-17,19-21H,5,7-11,18H2,1-4H3;6,12-18,20-21H,5,7-11,19H2,1-4H3. The number of aryl methyl sites for hydroxylation is 8. The molecule has 0 spiro atoms. The highest BCUT2D eigenvalue weighted by molar-refractivity contribution is 5.78. The van der Waals surface area contributed by atoms with Gasteiger partial charge in [-0.2, -0.15) is 0 Å². The highest BCUT2D eigenvalue weighted by Gasteiger charge is 2.15. The third-order valence-corrected chi connectivity index (χ3v) is 23.0. The van der Waals surface area contributed by atoms with Gasteiger partial charge >= 0.3 is 0 Å². The monoisotopic (exact) mass is 1790 g/mol. The number of benzene rings is 12. The molecule has 0 radical (unpaired) electrons. The van der Waals surface area contributed by atoms with Gasteiger partial charge in [-0.3, -0.25) is 0 Å². The van der Waals surface area contributed by atoms with Gasteiger partial charge in [0.25, 0.3) is 0 Å². The predicted molar refractivity (Wildman–Crippen MR) is 577 cm³/mol. The van der Waals surface area contributed by atoms with Crippen molar-refractivity contribution >= 4 is 72.9 Å². The van der Waals surface area contributed by atoms with E-state index < -0.39 is 0 Å². The molecule has 0 unspecified atom stereocenters. The Balaban J connectivity index is 0.000000202. The number of allylic oxidation sites excluding steroid dienone is 4. The molecular formula is C126H148O8. The van der Waals surface area contributed by atoms with Crippen molar-refractivity contribution < 1.29 is 37.9 Å². The zero-order chi connectivity index (χ0) is 94.6. The summed E-state index contributed by atoms with van der Waals surface area (Å²) in [6.45, 7) is 25.2. The lowest BCUT2D eigenvalue weighted by molar-refractivity contribution is 0.300. The van der Waals surface area contributed by atoms with Crippen molar-refractivity contribution in [3.05, 3.63) is 402 Å². The molecule has 0 aliphatic rings. The van der Waals surface area contributed by atoms with Crippen molar-refractivity contribution in [3.63, 3.8) is 0 Å². The van der Waals surface area contributed by atoms with Gasteiger partial charge in [0.15, 0.2) is 0 Å². The zero-order valence-corrected chi connectivity index (χ0v) is 82.3. The predicted octanol–water partition coefficient (Wildman–Crippen LogP) is 34.3. The van der Waals surface area contributed by atoms with E-state index in [4.69, 9.17) is 37.9 Å². The van der Waals surface area contributed by atoms with E-state index in [1.807, 2.05) is 27.7 Å². The second kappa shape index (κ2) is 62.4. The first-order valence-corrected chi connectivity index (χ1v) is 49.0. The first kappa shape index (κ1) is 105. The van der Waals surface area contributed by atoms with E-state index in [9.17, 15) is 0 Å². The van der Waals surface area contributed by atoms with Crippen LogP contribution in [0, 0.1) is 27.7 Å². The molecule has 12 rings (SSSR count). The lowest BCUT2D eigenvalue weighted by Crippen LogP contribution is -2.04. The topological polar surface area (TPSA) is 73.8 Å². The molecule has 8 heteroatoms. The molecule has 0 aliphatic carbocycles. The Hall–Kier alpha value is -13.0. The van der Waals surface area contributed by atoms with Crippen LogP contribution in [0.4, 0.5) is 0 Å². The Labute approximate surface area is 805 Å². The maximum absolute atomic E-state index is 6.31. The van der Waals surface area contributed by atoms with Crippen LogP contribution in [0.5, 0.6) is 46.0 Å². The van der Waals surface area contributed by atoms with E-state index in [0.717, 1.165) is 179 Å². The SMILES string of the molecule is CC=Cc1ccc(C=Cc2cc(OC)c(C)cc2OCCCCCCCC)cc1.CC=Cc1ccc(C=Cc2cc(OCCCc3ccccc3)c(C)cc2OCCCc2ccccc2)cc1.CC=Cc1cccc(C=Cc2cc(OC)c(C)cc2OCCCCCCCC)c1.CC=Cc1cccc(C=Cc2cc(OCCCc3ccccc3)c(C)cc2OCCCc2ccccc2)c1. The Morgan fingerprint density at radius 1 is 0.194 bits per heavy atom. The van der Waals surface area contributed by atoms with E-state index in [0.29, 0.717) is 26.4 Å². The lowest BCUT2D eigenvalue weighted by Gasteiger charge is -2.15. The van der Waals surface area contributed by atoms with Crippen molar-refractivity contribution in [1.29, 1.82) is 0 Å². The summed E-state index contributed by atoms with van der Waals surface area (Å²) >= 11 is 0. The van der Waals surface area contributed by atoms with E-state index in [1.54, 1.807) is 14.2 Å². The molecule has 0 aromatic heterocycles. The fraction of sp³-hybridized carbons (Fsp3) is 0.302. The van der Waals surface area contributed by atoms with Gasteiger partial charge in [-0.1, -0.05) is 382 Å². The minimum Gasteiger partial charge on any atom is -0.496 e. The fourth-order valence-corrected chi connectivity index (χ4v) is 15.5. The molecule has 0 heterocycles. The molecular weight excluding hydrogens is 1640 g/mol. The van der Waals surface area contributed by atoms with Crippen LogP contribution in [0.15, 0.2) is 291 Å². The first-order valence-electron chi connectivity index (χ1n) is 49.0. The Morgan fingerprint density at radius 3 is 0.694 bits per heavy atom. The summed E-state index contributed by atoms with van der Waals surface area (Å²) < 4.78 is 48.4. The molecule has 0 atom stereocenters. The van der Waals surface area contributed by atoms with Crippen LogP contribution in [0.3, 0.4) is 0 Å². The van der Waals surface area contributed by atoms with E-state index in [1.165, 1.54) is 120 Å². The minimum atomic E-state index is 0.670. The second-order valence-electron chi connectivity index (χ2n) is 34.0. The zero-order valence-electron chi connectivity index (χ0n) is 82.3. The number of hydrogen-bond donors (Lipinski definition) is 0. The van der Waals surface area contributed by atoms with Crippen LogP contribution in [0.25, 0.3) is 72.9 Å². The van der Waals surface area contributed by atoms with Gasteiger partial charge < -0.3 is 37.9 Å². The van der Waals surface area contributed by atoms with Crippen LogP contribution in [0.2, 0.25) is 0 Å². The molecule has 0 bridgehead atoms. The molecule has 0 fully saturated rings. The third-order valence-electron chi connectivity index (χ3n) is 23.0. The second-order valence-corrected chi connectivity index (χ2v) is 34.0. The van der Waals surface area contributed by atoms with Gasteiger partial charge in [-0.05, 0) is 269 Å². The quantitative estimate of drug-likeness (QED) is 0.0276. The Kier molecular flexibility index (Phi) is 48.7. The molecule has 0 saturated heterocycles. The molecule has 700 valence electrons. The molecule has 12 aromatic carbocycles. The van der Waals surface area contributed by atoms with Gasteiger partial charge in [-0.25, -0.2) is 0 Å². The minimum absolute atomic E-state index is 0.670. The molecule has 0 amide bonds. The van der Waals surface area contributed by atoms with Crippen LogP contribution in [-0.2, 0) is 25.7 Å². The van der Waals surface area contributed by atoms with Gasteiger partial charge in [0.05, 0.1) is 53.9 Å². The molecule has 0 N–H and O–H groups in total. The van der Waals surface area contributed by atoms with Crippen LogP contribution in [-0.4, -0.2) is 53.9 Å². The summed E-state index contributed by atoms with van der Waals surface area (Å²) in [6.07, 6.45) is 56.8.